The van der Waals surface area contributed by atoms with Crippen LogP contribution in [0.1, 0.15) is 46.0 Å². The van der Waals surface area contributed by atoms with Gasteiger partial charge >= 0.3 is 0 Å². The summed E-state index contributed by atoms with van der Waals surface area (Å²) >= 11 is 0. The van der Waals surface area contributed by atoms with Crippen LogP contribution in [0.3, 0.4) is 0 Å². The monoisotopic (exact) mass is 226 g/mol. The zero-order valence-electron chi connectivity index (χ0n) is 10.3. The summed E-state index contributed by atoms with van der Waals surface area (Å²) < 4.78 is 16.2. The maximum absolute atomic E-state index is 5.62. The van der Waals surface area contributed by atoms with Gasteiger partial charge in [0.1, 0.15) is 6.10 Å². The van der Waals surface area contributed by atoms with E-state index in [1.54, 1.807) is 13.8 Å². The number of ether oxygens (including phenoxy) is 3. The van der Waals surface area contributed by atoms with E-state index in [9.17, 15) is 0 Å². The Kier molecular flexibility index (Phi) is 5.23. The van der Waals surface area contributed by atoms with Crippen LogP contribution in [-0.2, 0) is 14.2 Å². The molecule has 0 bridgehead atoms. The highest BCUT2D eigenvalue weighted by Crippen LogP contribution is 2.22. The first-order valence-corrected chi connectivity index (χ1v) is 5.92. The lowest BCUT2D eigenvalue weighted by atomic mass is 9.98. The SMILES string of the molecule is C=C(C)OC(C)OC(=C)OC1CCCCC1. The van der Waals surface area contributed by atoms with Crippen molar-refractivity contribution in [3.8, 4) is 0 Å². The van der Waals surface area contributed by atoms with Crippen LogP contribution in [0, 0.1) is 0 Å². The molecule has 0 aromatic carbocycles. The van der Waals surface area contributed by atoms with Crippen LogP contribution in [-0.4, -0.2) is 12.4 Å². The molecule has 0 amide bonds. The minimum Gasteiger partial charge on any atom is -0.462 e. The summed E-state index contributed by atoms with van der Waals surface area (Å²) in [5, 5.41) is 0. The molecule has 92 valence electrons. The molecule has 0 heterocycles. The molecule has 1 aliphatic rings. The Labute approximate surface area is 98.1 Å². The first-order valence-electron chi connectivity index (χ1n) is 5.92. The predicted octanol–water partition coefficient (Wildman–Crippen LogP) is 3.72. The third kappa shape index (κ3) is 5.10. The van der Waals surface area contributed by atoms with Gasteiger partial charge in [-0.05, 0) is 39.2 Å². The number of hydrogen-bond donors (Lipinski definition) is 0. The van der Waals surface area contributed by atoms with E-state index >= 15 is 0 Å². The van der Waals surface area contributed by atoms with Crippen molar-refractivity contribution in [1.82, 2.24) is 0 Å². The van der Waals surface area contributed by atoms with Gasteiger partial charge in [0.05, 0.1) is 5.76 Å². The molecule has 0 aliphatic heterocycles. The van der Waals surface area contributed by atoms with Gasteiger partial charge in [-0.1, -0.05) is 13.0 Å². The first-order chi connectivity index (χ1) is 7.58. The van der Waals surface area contributed by atoms with Gasteiger partial charge < -0.3 is 14.2 Å². The van der Waals surface area contributed by atoms with E-state index in [0.29, 0.717) is 11.7 Å². The fourth-order valence-corrected chi connectivity index (χ4v) is 1.89. The normalized spacial score (nSPS) is 18.6. The highest BCUT2D eigenvalue weighted by molar-refractivity contribution is 4.77. The lowest BCUT2D eigenvalue weighted by Crippen LogP contribution is -2.19. The standard InChI is InChI=1S/C13H22O3/c1-10(2)14-11(3)15-12(4)16-13-8-6-5-7-9-13/h11,13H,1,4-9H2,2-3H3. The minimum absolute atomic E-state index is 0.262. The molecule has 0 radical (unpaired) electrons. The topological polar surface area (TPSA) is 27.7 Å². The van der Waals surface area contributed by atoms with Crippen molar-refractivity contribution in [2.45, 2.75) is 58.3 Å². The zero-order valence-corrected chi connectivity index (χ0v) is 10.3. The predicted molar refractivity (Wildman–Crippen MR) is 63.5 cm³/mol. The van der Waals surface area contributed by atoms with Crippen molar-refractivity contribution in [1.29, 1.82) is 0 Å². The van der Waals surface area contributed by atoms with Crippen LogP contribution in [0.4, 0.5) is 0 Å². The Bertz CT molecular complexity index is 242. The van der Waals surface area contributed by atoms with Gasteiger partial charge in [-0.2, -0.15) is 0 Å². The molecule has 3 nitrogen and oxygen atoms in total. The molecule has 3 heteroatoms. The second kappa shape index (κ2) is 6.46. The average Bonchev–Trinajstić information content (AvgIpc) is 2.17. The van der Waals surface area contributed by atoms with Gasteiger partial charge in [0, 0.05) is 6.92 Å². The number of hydrogen-bond acceptors (Lipinski definition) is 3. The quantitative estimate of drug-likeness (QED) is 0.510. The summed E-state index contributed by atoms with van der Waals surface area (Å²) in [6, 6.07) is 0. The Hall–Kier alpha value is -1.12. The van der Waals surface area contributed by atoms with Crippen LogP contribution >= 0.6 is 0 Å². The van der Waals surface area contributed by atoms with Crippen molar-refractivity contribution in [2.24, 2.45) is 0 Å². The molecule has 0 aromatic rings. The fraction of sp³-hybridized carbons (Fsp3) is 0.692. The van der Waals surface area contributed by atoms with E-state index in [1.165, 1.54) is 19.3 Å². The summed E-state index contributed by atoms with van der Waals surface area (Å²) in [5.74, 6) is 0.971. The molecule has 0 aromatic heterocycles. The second-order valence-corrected chi connectivity index (χ2v) is 4.26. The van der Waals surface area contributed by atoms with Crippen molar-refractivity contribution in [3.63, 3.8) is 0 Å². The van der Waals surface area contributed by atoms with Crippen molar-refractivity contribution in [2.75, 3.05) is 0 Å². The zero-order chi connectivity index (χ0) is 12.0. The van der Waals surface area contributed by atoms with E-state index in [2.05, 4.69) is 13.2 Å². The lowest BCUT2D eigenvalue weighted by Gasteiger charge is -2.25. The van der Waals surface area contributed by atoms with E-state index < -0.39 is 6.29 Å². The van der Waals surface area contributed by atoms with Crippen molar-refractivity contribution in [3.05, 3.63) is 24.9 Å². The Morgan fingerprint density at radius 1 is 1.12 bits per heavy atom. The Morgan fingerprint density at radius 2 is 1.75 bits per heavy atom. The largest absolute Gasteiger partial charge is 0.462 e. The molecule has 0 spiro atoms. The molecular weight excluding hydrogens is 204 g/mol. The summed E-state index contributed by atoms with van der Waals surface area (Å²) in [4.78, 5) is 0. The van der Waals surface area contributed by atoms with E-state index in [4.69, 9.17) is 14.2 Å². The molecule has 1 rings (SSSR count). The summed E-state index contributed by atoms with van der Waals surface area (Å²) in [7, 11) is 0. The van der Waals surface area contributed by atoms with Gasteiger partial charge in [-0.15, -0.1) is 0 Å². The second-order valence-electron chi connectivity index (χ2n) is 4.26. The molecule has 1 unspecified atom stereocenters. The van der Waals surface area contributed by atoms with Gasteiger partial charge in [0.2, 0.25) is 6.29 Å². The van der Waals surface area contributed by atoms with E-state index in [-0.39, 0.29) is 6.10 Å². The van der Waals surface area contributed by atoms with E-state index in [0.717, 1.165) is 12.8 Å². The van der Waals surface area contributed by atoms with Gasteiger partial charge in [-0.3, -0.25) is 0 Å². The Morgan fingerprint density at radius 3 is 2.31 bits per heavy atom. The third-order valence-corrected chi connectivity index (χ3v) is 2.51. The molecular formula is C13H22O3. The van der Waals surface area contributed by atoms with Gasteiger partial charge in [-0.25, -0.2) is 0 Å². The first kappa shape index (κ1) is 12.9. The van der Waals surface area contributed by atoms with E-state index in [1.807, 2.05) is 0 Å². The summed E-state index contributed by atoms with van der Waals surface area (Å²) in [6.07, 6.45) is 5.83. The summed E-state index contributed by atoms with van der Waals surface area (Å²) in [6.45, 7) is 11.0. The molecule has 16 heavy (non-hydrogen) atoms. The number of rotatable bonds is 6. The minimum atomic E-state index is -0.395. The van der Waals surface area contributed by atoms with Gasteiger partial charge in [0.15, 0.2) is 0 Å². The maximum Gasteiger partial charge on any atom is 0.274 e. The lowest BCUT2D eigenvalue weighted by molar-refractivity contribution is -0.130. The van der Waals surface area contributed by atoms with Crippen molar-refractivity contribution >= 4 is 0 Å². The highest BCUT2D eigenvalue weighted by atomic mass is 16.8. The van der Waals surface area contributed by atoms with Crippen LogP contribution in [0.25, 0.3) is 0 Å². The fourth-order valence-electron chi connectivity index (χ4n) is 1.89. The average molecular weight is 226 g/mol. The highest BCUT2D eigenvalue weighted by Gasteiger charge is 2.16. The molecule has 0 saturated heterocycles. The van der Waals surface area contributed by atoms with Crippen LogP contribution in [0.15, 0.2) is 24.9 Å². The van der Waals surface area contributed by atoms with Crippen LogP contribution in [0.5, 0.6) is 0 Å². The molecule has 1 aliphatic carbocycles. The van der Waals surface area contributed by atoms with Crippen LogP contribution < -0.4 is 0 Å². The van der Waals surface area contributed by atoms with Crippen molar-refractivity contribution < 1.29 is 14.2 Å². The molecule has 1 fully saturated rings. The molecule has 0 N–H and O–H groups in total. The molecule has 1 atom stereocenters. The van der Waals surface area contributed by atoms with Crippen LogP contribution in [0.2, 0.25) is 0 Å². The number of allylic oxidation sites excluding steroid dienone is 1. The van der Waals surface area contributed by atoms with Gasteiger partial charge in [0.25, 0.3) is 5.95 Å². The smallest absolute Gasteiger partial charge is 0.274 e. The molecule has 1 saturated carbocycles. The maximum atomic E-state index is 5.62. The summed E-state index contributed by atoms with van der Waals surface area (Å²) in [5.41, 5.74) is 0. The Balaban J connectivity index is 2.21. The third-order valence-electron chi connectivity index (χ3n) is 2.51.